The summed E-state index contributed by atoms with van der Waals surface area (Å²) in [4.78, 5) is 18.2. The smallest absolute Gasteiger partial charge is 0.266 e. The molecule has 32 heavy (non-hydrogen) atoms. The van der Waals surface area contributed by atoms with Crippen molar-refractivity contribution >= 4 is 22.7 Å². The van der Waals surface area contributed by atoms with E-state index in [1.807, 2.05) is 54.6 Å². The fourth-order valence-electron chi connectivity index (χ4n) is 3.33. The van der Waals surface area contributed by atoms with Gasteiger partial charge in [0.2, 0.25) is 0 Å². The van der Waals surface area contributed by atoms with Crippen molar-refractivity contribution in [1.29, 1.82) is 0 Å². The van der Waals surface area contributed by atoms with Crippen LogP contribution in [0.5, 0.6) is 17.2 Å². The van der Waals surface area contributed by atoms with E-state index in [-0.39, 0.29) is 5.56 Å². The van der Waals surface area contributed by atoms with Crippen LogP contribution in [0.2, 0.25) is 0 Å². The Kier molecular flexibility index (Phi) is 6.97. The van der Waals surface area contributed by atoms with Crippen LogP contribution in [0.1, 0.15) is 6.42 Å². The zero-order valence-corrected chi connectivity index (χ0v) is 18.8. The van der Waals surface area contributed by atoms with Crippen molar-refractivity contribution < 1.29 is 14.2 Å². The van der Waals surface area contributed by atoms with Gasteiger partial charge < -0.3 is 14.2 Å². The Morgan fingerprint density at radius 2 is 1.66 bits per heavy atom. The molecule has 3 aromatic carbocycles. The first-order chi connectivity index (χ1) is 15.7. The van der Waals surface area contributed by atoms with Gasteiger partial charge in [0, 0.05) is 11.8 Å². The van der Waals surface area contributed by atoms with Crippen molar-refractivity contribution in [2.45, 2.75) is 11.6 Å². The lowest BCUT2D eigenvalue weighted by atomic mass is 10.2. The van der Waals surface area contributed by atoms with Crippen molar-refractivity contribution in [3.05, 3.63) is 83.2 Å². The molecule has 0 aliphatic heterocycles. The number of para-hydroxylation sites is 2. The quantitative estimate of drug-likeness (QED) is 0.205. The van der Waals surface area contributed by atoms with E-state index in [9.17, 15) is 4.79 Å². The SMILES string of the molecule is COc1ccc(-n2c(SCCCOc3ccccc3)nc3ccccc3c2=O)cc1OC. The van der Waals surface area contributed by atoms with Crippen molar-refractivity contribution in [3.63, 3.8) is 0 Å². The topological polar surface area (TPSA) is 62.6 Å². The van der Waals surface area contributed by atoms with Crippen LogP contribution in [0.4, 0.5) is 0 Å². The van der Waals surface area contributed by atoms with Gasteiger partial charge in [-0.15, -0.1) is 0 Å². The van der Waals surface area contributed by atoms with Crippen molar-refractivity contribution in [2.75, 3.05) is 26.6 Å². The molecule has 0 spiro atoms. The van der Waals surface area contributed by atoms with Gasteiger partial charge in [-0.1, -0.05) is 42.1 Å². The van der Waals surface area contributed by atoms with Crippen LogP contribution in [0.3, 0.4) is 0 Å². The molecule has 0 bridgehead atoms. The summed E-state index contributed by atoms with van der Waals surface area (Å²) >= 11 is 1.53. The second-order valence-corrected chi connectivity index (χ2v) is 8.02. The van der Waals surface area contributed by atoms with Gasteiger partial charge in [-0.25, -0.2) is 4.98 Å². The predicted molar refractivity (Wildman–Crippen MR) is 128 cm³/mol. The molecule has 0 aliphatic carbocycles. The first-order valence-corrected chi connectivity index (χ1v) is 11.2. The Labute approximate surface area is 190 Å². The van der Waals surface area contributed by atoms with E-state index in [2.05, 4.69) is 0 Å². The maximum atomic E-state index is 13.4. The Hall–Kier alpha value is -3.45. The van der Waals surface area contributed by atoms with Crippen molar-refractivity contribution in [3.8, 4) is 22.9 Å². The highest BCUT2D eigenvalue weighted by Crippen LogP contribution is 2.30. The van der Waals surface area contributed by atoms with Gasteiger partial charge in [0.15, 0.2) is 16.7 Å². The van der Waals surface area contributed by atoms with Gasteiger partial charge in [0.05, 0.1) is 37.4 Å². The van der Waals surface area contributed by atoms with E-state index in [0.717, 1.165) is 17.9 Å². The molecule has 0 unspecified atom stereocenters. The summed E-state index contributed by atoms with van der Waals surface area (Å²) in [7, 11) is 3.16. The molecule has 0 radical (unpaired) electrons. The van der Waals surface area contributed by atoms with E-state index < -0.39 is 0 Å². The maximum Gasteiger partial charge on any atom is 0.266 e. The second-order valence-electron chi connectivity index (χ2n) is 6.95. The lowest BCUT2D eigenvalue weighted by Gasteiger charge is -2.15. The Bertz CT molecular complexity index is 1260. The molecule has 0 atom stereocenters. The van der Waals surface area contributed by atoms with Gasteiger partial charge in [0.25, 0.3) is 5.56 Å². The normalized spacial score (nSPS) is 10.8. The molecule has 0 aliphatic rings. The molecule has 0 N–H and O–H groups in total. The van der Waals surface area contributed by atoms with Crippen LogP contribution < -0.4 is 19.8 Å². The molecule has 1 aromatic heterocycles. The number of rotatable bonds is 9. The molecule has 4 rings (SSSR count). The molecule has 0 saturated heterocycles. The summed E-state index contributed by atoms with van der Waals surface area (Å²) in [6.07, 6.45) is 0.814. The fourth-order valence-corrected chi connectivity index (χ4v) is 4.26. The van der Waals surface area contributed by atoms with Crippen LogP contribution in [0.15, 0.2) is 82.7 Å². The summed E-state index contributed by atoms with van der Waals surface area (Å²) in [6, 6.07) is 22.5. The van der Waals surface area contributed by atoms with E-state index in [0.29, 0.717) is 39.9 Å². The second kappa shape index (κ2) is 10.2. The van der Waals surface area contributed by atoms with Gasteiger partial charge in [-0.3, -0.25) is 9.36 Å². The number of ether oxygens (including phenoxy) is 3. The molecule has 7 heteroatoms. The van der Waals surface area contributed by atoms with E-state index in [1.165, 1.54) is 11.8 Å². The van der Waals surface area contributed by atoms with Crippen LogP contribution in [0.25, 0.3) is 16.6 Å². The third kappa shape index (κ3) is 4.73. The fraction of sp³-hybridized carbons (Fsp3) is 0.200. The average molecular weight is 449 g/mol. The molecule has 0 amide bonds. The Morgan fingerprint density at radius 1 is 0.906 bits per heavy atom. The summed E-state index contributed by atoms with van der Waals surface area (Å²) in [5, 5.41) is 1.19. The minimum atomic E-state index is -0.120. The van der Waals surface area contributed by atoms with E-state index in [4.69, 9.17) is 19.2 Å². The van der Waals surface area contributed by atoms with Gasteiger partial charge in [-0.2, -0.15) is 0 Å². The van der Waals surface area contributed by atoms with Crippen LogP contribution >= 0.6 is 11.8 Å². The van der Waals surface area contributed by atoms with Crippen molar-refractivity contribution in [2.24, 2.45) is 0 Å². The predicted octanol–water partition coefficient (Wildman–Crippen LogP) is 4.96. The molecule has 0 fully saturated rings. The highest BCUT2D eigenvalue weighted by Gasteiger charge is 2.15. The lowest BCUT2D eigenvalue weighted by Crippen LogP contribution is -2.22. The average Bonchev–Trinajstić information content (AvgIpc) is 2.84. The third-order valence-corrected chi connectivity index (χ3v) is 5.93. The molecule has 0 saturated carbocycles. The largest absolute Gasteiger partial charge is 0.494 e. The summed E-state index contributed by atoms with van der Waals surface area (Å²) in [5.41, 5.74) is 1.23. The number of methoxy groups -OCH3 is 2. The monoisotopic (exact) mass is 448 g/mol. The van der Waals surface area contributed by atoms with Crippen LogP contribution in [-0.4, -0.2) is 36.1 Å². The Morgan fingerprint density at radius 3 is 2.44 bits per heavy atom. The minimum absolute atomic E-state index is 0.120. The van der Waals surface area contributed by atoms with Crippen LogP contribution in [-0.2, 0) is 0 Å². The highest BCUT2D eigenvalue weighted by atomic mass is 32.2. The third-order valence-electron chi connectivity index (χ3n) is 4.90. The van der Waals surface area contributed by atoms with E-state index in [1.54, 1.807) is 37.0 Å². The van der Waals surface area contributed by atoms with Gasteiger partial charge >= 0.3 is 0 Å². The summed E-state index contributed by atoms with van der Waals surface area (Å²) in [6.45, 7) is 0.588. The first-order valence-electron chi connectivity index (χ1n) is 10.3. The first kappa shape index (κ1) is 21.8. The summed E-state index contributed by atoms with van der Waals surface area (Å²) in [5.74, 6) is 2.76. The number of aromatic nitrogens is 2. The number of thioether (sulfide) groups is 1. The van der Waals surface area contributed by atoms with Gasteiger partial charge in [-0.05, 0) is 42.8 Å². The lowest BCUT2D eigenvalue weighted by molar-refractivity contribution is 0.318. The molecular formula is C25H24N2O4S. The zero-order valence-electron chi connectivity index (χ0n) is 18.0. The molecule has 6 nitrogen and oxygen atoms in total. The van der Waals surface area contributed by atoms with Gasteiger partial charge in [0.1, 0.15) is 5.75 Å². The van der Waals surface area contributed by atoms with E-state index >= 15 is 0 Å². The highest BCUT2D eigenvalue weighted by molar-refractivity contribution is 7.99. The molecule has 1 heterocycles. The molecular weight excluding hydrogens is 424 g/mol. The molecule has 4 aromatic rings. The maximum absolute atomic E-state index is 13.4. The summed E-state index contributed by atoms with van der Waals surface area (Å²) < 4.78 is 18.2. The zero-order chi connectivity index (χ0) is 22.3. The number of fused-ring (bicyclic) bond motifs is 1. The number of benzene rings is 3. The standard InChI is InChI=1S/C25H24N2O4S/c1-29-22-14-13-18(17-23(22)30-2)27-24(28)20-11-6-7-12-21(20)26-25(27)32-16-8-15-31-19-9-4-3-5-10-19/h3-7,9-14,17H,8,15-16H2,1-2H3. The number of nitrogens with zero attached hydrogens (tertiary/aromatic N) is 2. The van der Waals surface area contributed by atoms with Crippen LogP contribution in [0, 0.1) is 0 Å². The minimum Gasteiger partial charge on any atom is -0.494 e. The number of hydrogen-bond acceptors (Lipinski definition) is 6. The molecule has 164 valence electrons. The number of hydrogen-bond donors (Lipinski definition) is 0. The van der Waals surface area contributed by atoms with Crippen molar-refractivity contribution in [1.82, 2.24) is 9.55 Å². The Balaban J connectivity index is 1.62.